The summed E-state index contributed by atoms with van der Waals surface area (Å²) < 4.78 is 5.43. The molecule has 0 fully saturated rings. The maximum atomic E-state index is 12.3. The van der Waals surface area contributed by atoms with E-state index in [4.69, 9.17) is 4.74 Å². The Morgan fingerprint density at radius 1 is 1.18 bits per heavy atom. The monoisotopic (exact) mass is 385 g/mol. The van der Waals surface area contributed by atoms with Crippen molar-refractivity contribution >= 4 is 23.2 Å². The van der Waals surface area contributed by atoms with Crippen LogP contribution in [0.5, 0.6) is 5.75 Å². The van der Waals surface area contributed by atoms with Crippen molar-refractivity contribution in [2.75, 3.05) is 18.5 Å². The molecule has 0 aliphatic rings. The van der Waals surface area contributed by atoms with Crippen LogP contribution in [0.15, 0.2) is 42.5 Å². The van der Waals surface area contributed by atoms with Gasteiger partial charge >= 0.3 is 0 Å². The highest BCUT2D eigenvalue weighted by molar-refractivity contribution is 5.97. The number of ether oxygens (including phenoxy) is 1. The smallest absolute Gasteiger partial charge is 0.274 e. The lowest BCUT2D eigenvalue weighted by Crippen LogP contribution is -2.26. The number of carbonyl (C=O) groups excluding carboxylic acids is 2. The van der Waals surface area contributed by atoms with Gasteiger partial charge in [0.15, 0.2) is 0 Å². The van der Waals surface area contributed by atoms with Crippen molar-refractivity contribution in [1.82, 2.24) is 5.32 Å². The van der Waals surface area contributed by atoms with Crippen LogP contribution in [0.3, 0.4) is 0 Å². The van der Waals surface area contributed by atoms with Crippen molar-refractivity contribution in [3.8, 4) is 5.75 Å². The molecule has 8 nitrogen and oxygen atoms in total. The Morgan fingerprint density at radius 3 is 2.64 bits per heavy atom. The molecule has 2 aromatic carbocycles. The van der Waals surface area contributed by atoms with Crippen molar-refractivity contribution < 1.29 is 19.2 Å². The molecule has 2 amide bonds. The summed E-state index contributed by atoms with van der Waals surface area (Å²) in [5, 5.41) is 16.4. The van der Waals surface area contributed by atoms with Crippen molar-refractivity contribution in [1.29, 1.82) is 0 Å². The number of para-hydroxylation sites is 1. The molecule has 2 N–H and O–H groups in total. The Morgan fingerprint density at radius 2 is 1.93 bits per heavy atom. The Labute approximate surface area is 163 Å². The van der Waals surface area contributed by atoms with Crippen molar-refractivity contribution in [2.45, 2.75) is 26.7 Å². The van der Waals surface area contributed by atoms with Crippen LogP contribution in [0, 0.1) is 17.0 Å². The van der Waals surface area contributed by atoms with E-state index in [0.29, 0.717) is 42.1 Å². The van der Waals surface area contributed by atoms with Gasteiger partial charge in [-0.15, -0.1) is 0 Å². The number of carbonyl (C=O) groups is 2. The first kappa shape index (κ1) is 20.9. The number of nitrogens with zero attached hydrogens (tertiary/aromatic N) is 1. The molecule has 0 unspecified atom stereocenters. The largest absolute Gasteiger partial charge is 0.493 e. The van der Waals surface area contributed by atoms with Gasteiger partial charge in [0.2, 0.25) is 5.91 Å². The summed E-state index contributed by atoms with van der Waals surface area (Å²) in [4.78, 5) is 34.7. The summed E-state index contributed by atoms with van der Waals surface area (Å²) in [7, 11) is 0. The predicted molar refractivity (Wildman–Crippen MR) is 106 cm³/mol. The van der Waals surface area contributed by atoms with Crippen LogP contribution in [0.25, 0.3) is 0 Å². The number of nitrogens with one attached hydrogen (secondary N) is 2. The van der Waals surface area contributed by atoms with Gasteiger partial charge in [-0.2, -0.15) is 0 Å². The van der Waals surface area contributed by atoms with Crippen LogP contribution >= 0.6 is 0 Å². The molecular formula is C20H23N3O5. The molecule has 2 rings (SSSR count). The van der Waals surface area contributed by atoms with Crippen LogP contribution in [0.4, 0.5) is 11.4 Å². The van der Waals surface area contributed by atoms with Gasteiger partial charge in [0, 0.05) is 30.3 Å². The third-order valence-electron chi connectivity index (χ3n) is 3.99. The molecule has 0 spiro atoms. The van der Waals surface area contributed by atoms with E-state index in [-0.39, 0.29) is 23.9 Å². The van der Waals surface area contributed by atoms with E-state index in [2.05, 4.69) is 10.6 Å². The molecule has 0 radical (unpaired) electrons. The van der Waals surface area contributed by atoms with E-state index in [1.165, 1.54) is 6.07 Å². The summed E-state index contributed by atoms with van der Waals surface area (Å²) in [5.41, 5.74) is 1.30. The summed E-state index contributed by atoms with van der Waals surface area (Å²) in [5.74, 6) is -0.0260. The first-order valence-electron chi connectivity index (χ1n) is 8.97. The zero-order valence-corrected chi connectivity index (χ0v) is 15.9. The van der Waals surface area contributed by atoms with Gasteiger partial charge in [-0.05, 0) is 38.5 Å². The second-order valence-corrected chi connectivity index (χ2v) is 6.10. The van der Waals surface area contributed by atoms with Crippen molar-refractivity contribution in [3.05, 3.63) is 63.7 Å². The Balaban J connectivity index is 1.81. The molecule has 0 atom stereocenters. The Bertz CT molecular complexity index is 867. The van der Waals surface area contributed by atoms with Gasteiger partial charge in [0.25, 0.3) is 11.6 Å². The average molecular weight is 385 g/mol. The number of nitro groups is 1. The molecule has 0 aliphatic carbocycles. The SMILES string of the molecule is CCOc1ccccc1C(=O)NCCCC(=O)Nc1ccc(C)c([N+](=O)[O-])c1. The van der Waals surface area contributed by atoms with Crippen LogP contribution in [-0.2, 0) is 4.79 Å². The molecule has 0 saturated carbocycles. The molecule has 0 heterocycles. The highest BCUT2D eigenvalue weighted by Crippen LogP contribution is 2.22. The van der Waals surface area contributed by atoms with Gasteiger partial charge in [-0.25, -0.2) is 0 Å². The third kappa shape index (κ3) is 5.80. The fourth-order valence-corrected chi connectivity index (χ4v) is 2.59. The third-order valence-corrected chi connectivity index (χ3v) is 3.99. The minimum atomic E-state index is -0.485. The predicted octanol–water partition coefficient (Wildman–Crippen LogP) is 3.45. The highest BCUT2D eigenvalue weighted by Gasteiger charge is 2.13. The van der Waals surface area contributed by atoms with E-state index >= 15 is 0 Å². The molecule has 0 bridgehead atoms. The maximum absolute atomic E-state index is 12.3. The van der Waals surface area contributed by atoms with E-state index in [9.17, 15) is 19.7 Å². The molecule has 28 heavy (non-hydrogen) atoms. The lowest BCUT2D eigenvalue weighted by Gasteiger charge is -2.10. The summed E-state index contributed by atoms with van der Waals surface area (Å²) in [6.45, 7) is 4.26. The number of nitro benzene ring substituents is 1. The van der Waals surface area contributed by atoms with Crippen LogP contribution in [0.2, 0.25) is 0 Å². The first-order chi connectivity index (χ1) is 13.4. The van der Waals surface area contributed by atoms with Gasteiger partial charge in [-0.3, -0.25) is 19.7 Å². The van der Waals surface area contributed by atoms with E-state index in [1.54, 1.807) is 43.3 Å². The Kier molecular flexibility index (Phi) is 7.50. The minimum Gasteiger partial charge on any atom is -0.493 e. The number of anilines is 1. The van der Waals surface area contributed by atoms with E-state index < -0.39 is 4.92 Å². The van der Waals surface area contributed by atoms with E-state index in [1.807, 2.05) is 6.92 Å². The summed E-state index contributed by atoms with van der Waals surface area (Å²) in [6, 6.07) is 11.5. The molecule has 148 valence electrons. The van der Waals surface area contributed by atoms with Crippen LogP contribution < -0.4 is 15.4 Å². The number of amides is 2. The molecule has 0 saturated heterocycles. The van der Waals surface area contributed by atoms with E-state index in [0.717, 1.165) is 0 Å². The standard InChI is InChI=1S/C20H23N3O5/c1-3-28-18-8-5-4-7-16(18)20(25)21-12-6-9-19(24)22-15-11-10-14(2)17(13-15)23(26)27/h4-5,7-8,10-11,13H,3,6,9,12H2,1-2H3,(H,21,25)(H,22,24). The lowest BCUT2D eigenvalue weighted by molar-refractivity contribution is -0.385. The number of hydrogen-bond donors (Lipinski definition) is 2. The molecule has 8 heteroatoms. The van der Waals surface area contributed by atoms with Crippen molar-refractivity contribution in [2.24, 2.45) is 0 Å². The second kappa shape index (κ2) is 10.1. The molecule has 0 aliphatic heterocycles. The van der Waals surface area contributed by atoms with Gasteiger partial charge in [0.05, 0.1) is 17.1 Å². The van der Waals surface area contributed by atoms with Gasteiger partial charge < -0.3 is 15.4 Å². The molecular weight excluding hydrogens is 362 g/mol. The zero-order valence-electron chi connectivity index (χ0n) is 15.9. The highest BCUT2D eigenvalue weighted by atomic mass is 16.6. The minimum absolute atomic E-state index is 0.0435. The normalized spacial score (nSPS) is 10.2. The number of hydrogen-bond acceptors (Lipinski definition) is 5. The number of rotatable bonds is 9. The fourth-order valence-electron chi connectivity index (χ4n) is 2.59. The number of benzene rings is 2. The topological polar surface area (TPSA) is 111 Å². The van der Waals surface area contributed by atoms with Crippen molar-refractivity contribution in [3.63, 3.8) is 0 Å². The van der Waals surface area contributed by atoms with Crippen LogP contribution in [-0.4, -0.2) is 29.9 Å². The fraction of sp³-hybridized carbons (Fsp3) is 0.300. The summed E-state index contributed by atoms with van der Waals surface area (Å²) >= 11 is 0. The molecule has 0 aromatic heterocycles. The Hall–Kier alpha value is -3.42. The lowest BCUT2D eigenvalue weighted by atomic mass is 10.1. The first-order valence-corrected chi connectivity index (χ1v) is 8.97. The second-order valence-electron chi connectivity index (χ2n) is 6.10. The molecule has 2 aromatic rings. The zero-order chi connectivity index (χ0) is 20.5. The summed E-state index contributed by atoms with van der Waals surface area (Å²) in [6.07, 6.45) is 0.609. The quantitative estimate of drug-likeness (QED) is 0.390. The maximum Gasteiger partial charge on any atom is 0.274 e. The number of aryl methyl sites for hydroxylation is 1. The average Bonchev–Trinajstić information content (AvgIpc) is 2.67. The van der Waals surface area contributed by atoms with Gasteiger partial charge in [0.1, 0.15) is 5.75 Å². The van der Waals surface area contributed by atoms with Crippen LogP contribution in [0.1, 0.15) is 35.7 Å². The van der Waals surface area contributed by atoms with Gasteiger partial charge in [-0.1, -0.05) is 18.2 Å².